The fourth-order valence-corrected chi connectivity index (χ4v) is 4.23. The van der Waals surface area contributed by atoms with Gasteiger partial charge in [-0.25, -0.2) is 8.42 Å². The highest BCUT2D eigenvalue weighted by molar-refractivity contribution is 14.1. The zero-order valence-corrected chi connectivity index (χ0v) is 18.6. The number of nitrogens with one attached hydrogen (secondary N) is 2. The maximum absolute atomic E-state index is 12.5. The van der Waals surface area contributed by atoms with Gasteiger partial charge in [0.25, 0.3) is 15.9 Å². The lowest BCUT2D eigenvalue weighted by molar-refractivity contribution is 0.102. The molecule has 3 rings (SSSR count). The van der Waals surface area contributed by atoms with Gasteiger partial charge in [-0.1, -0.05) is 23.2 Å². The molecule has 0 bridgehead atoms. The monoisotopic (exact) mass is 546 g/mol. The van der Waals surface area contributed by atoms with Crippen molar-refractivity contribution in [2.45, 2.75) is 4.90 Å². The van der Waals surface area contributed by atoms with Crippen molar-refractivity contribution in [3.8, 4) is 0 Å². The summed E-state index contributed by atoms with van der Waals surface area (Å²) < 4.78 is 28.5. The van der Waals surface area contributed by atoms with Gasteiger partial charge in [0.1, 0.15) is 0 Å². The normalized spacial score (nSPS) is 11.1. The van der Waals surface area contributed by atoms with Crippen LogP contribution in [0.5, 0.6) is 0 Å². The summed E-state index contributed by atoms with van der Waals surface area (Å²) in [5.41, 5.74) is 1.17. The highest BCUT2D eigenvalue weighted by atomic mass is 127. The summed E-state index contributed by atoms with van der Waals surface area (Å²) in [6.07, 6.45) is 0. The number of hydrogen-bond acceptors (Lipinski definition) is 3. The molecule has 1 amide bonds. The Hall–Kier alpha value is -1.81. The van der Waals surface area contributed by atoms with E-state index in [4.69, 9.17) is 23.2 Å². The molecule has 0 aliphatic rings. The molecule has 0 saturated carbocycles. The molecule has 0 aromatic heterocycles. The third-order valence-corrected chi connectivity index (χ3v) is 6.36. The van der Waals surface area contributed by atoms with Gasteiger partial charge in [0.05, 0.1) is 15.5 Å². The van der Waals surface area contributed by atoms with Crippen LogP contribution < -0.4 is 10.0 Å². The van der Waals surface area contributed by atoms with E-state index in [9.17, 15) is 13.2 Å². The first-order valence-corrected chi connectivity index (χ1v) is 11.2. The first kappa shape index (κ1) is 20.9. The molecule has 144 valence electrons. The van der Waals surface area contributed by atoms with Crippen molar-refractivity contribution in [1.29, 1.82) is 0 Å². The number of rotatable bonds is 5. The second-order valence-electron chi connectivity index (χ2n) is 5.72. The Bertz CT molecular complexity index is 1120. The lowest BCUT2D eigenvalue weighted by Gasteiger charge is -2.10. The molecule has 0 spiro atoms. The van der Waals surface area contributed by atoms with E-state index < -0.39 is 15.9 Å². The largest absolute Gasteiger partial charge is 0.322 e. The van der Waals surface area contributed by atoms with Crippen LogP contribution in [0.25, 0.3) is 0 Å². The Kier molecular flexibility index (Phi) is 6.49. The molecule has 0 saturated heterocycles. The topological polar surface area (TPSA) is 75.3 Å². The smallest absolute Gasteiger partial charge is 0.261 e. The summed E-state index contributed by atoms with van der Waals surface area (Å²) in [6.45, 7) is 0. The maximum Gasteiger partial charge on any atom is 0.261 e. The summed E-state index contributed by atoms with van der Waals surface area (Å²) in [4.78, 5) is 12.4. The van der Waals surface area contributed by atoms with E-state index in [2.05, 4.69) is 32.6 Å². The molecule has 9 heteroatoms. The quantitative estimate of drug-likeness (QED) is 0.406. The lowest BCUT2D eigenvalue weighted by Crippen LogP contribution is -2.14. The first-order chi connectivity index (χ1) is 13.2. The molecule has 0 heterocycles. The molecular weight excluding hydrogens is 534 g/mol. The van der Waals surface area contributed by atoms with Crippen LogP contribution in [-0.2, 0) is 10.0 Å². The van der Waals surface area contributed by atoms with E-state index in [1.165, 1.54) is 36.4 Å². The van der Waals surface area contributed by atoms with Crippen LogP contribution in [0.15, 0.2) is 71.6 Å². The minimum atomic E-state index is -3.74. The van der Waals surface area contributed by atoms with Gasteiger partial charge in [-0.3, -0.25) is 9.52 Å². The third kappa shape index (κ3) is 5.16. The van der Waals surface area contributed by atoms with E-state index in [0.717, 1.165) is 3.57 Å². The molecule has 5 nitrogen and oxygen atoms in total. The lowest BCUT2D eigenvalue weighted by atomic mass is 10.2. The molecule has 0 unspecified atom stereocenters. The first-order valence-electron chi connectivity index (χ1n) is 7.89. The fraction of sp³-hybridized carbons (Fsp3) is 0. The second kappa shape index (κ2) is 8.69. The zero-order chi connectivity index (χ0) is 20.3. The Balaban J connectivity index is 1.73. The number of sulfonamides is 1. The van der Waals surface area contributed by atoms with Crippen LogP contribution in [0, 0.1) is 3.57 Å². The number of carbonyl (C=O) groups excluding carboxylic acids is 1. The molecular formula is C19H13Cl2IN2O3S. The predicted molar refractivity (Wildman–Crippen MR) is 121 cm³/mol. The van der Waals surface area contributed by atoms with Crippen LogP contribution >= 0.6 is 45.8 Å². The number of halogens is 3. The Morgan fingerprint density at radius 3 is 2.07 bits per heavy atom. The van der Waals surface area contributed by atoms with Crippen molar-refractivity contribution >= 4 is 73.1 Å². The SMILES string of the molecule is O=C(Nc1ccc(S(=O)(=O)Nc2ccc(I)cc2)cc1)c1ccc(Cl)cc1Cl. The zero-order valence-electron chi connectivity index (χ0n) is 14.1. The fourth-order valence-electron chi connectivity index (χ4n) is 2.32. The van der Waals surface area contributed by atoms with Crippen molar-refractivity contribution in [2.24, 2.45) is 0 Å². The summed E-state index contributed by atoms with van der Waals surface area (Å²) in [7, 11) is -3.74. The molecule has 2 N–H and O–H groups in total. The number of amides is 1. The van der Waals surface area contributed by atoms with E-state index in [1.54, 1.807) is 30.3 Å². The maximum atomic E-state index is 12.5. The van der Waals surface area contributed by atoms with E-state index >= 15 is 0 Å². The molecule has 28 heavy (non-hydrogen) atoms. The highest BCUT2D eigenvalue weighted by Gasteiger charge is 2.15. The van der Waals surface area contributed by atoms with Gasteiger partial charge in [0.15, 0.2) is 0 Å². The molecule has 0 aliphatic heterocycles. The van der Waals surface area contributed by atoms with Crippen molar-refractivity contribution in [3.63, 3.8) is 0 Å². The summed E-state index contributed by atoms with van der Waals surface area (Å²) in [5, 5.41) is 3.33. The van der Waals surface area contributed by atoms with Gasteiger partial charge in [-0.2, -0.15) is 0 Å². The Morgan fingerprint density at radius 2 is 1.46 bits per heavy atom. The molecule has 0 aliphatic carbocycles. The number of carbonyl (C=O) groups is 1. The third-order valence-electron chi connectivity index (χ3n) is 3.69. The molecule has 3 aromatic rings. The molecule has 0 atom stereocenters. The number of anilines is 2. The summed E-state index contributed by atoms with van der Waals surface area (Å²) >= 11 is 14.0. The number of hydrogen-bond donors (Lipinski definition) is 2. The van der Waals surface area contributed by atoms with Crippen molar-refractivity contribution in [1.82, 2.24) is 0 Å². The average molecular weight is 547 g/mol. The van der Waals surface area contributed by atoms with Crippen LogP contribution in [0.1, 0.15) is 10.4 Å². The Labute approximate surface area is 186 Å². The minimum absolute atomic E-state index is 0.0774. The van der Waals surface area contributed by atoms with Crippen LogP contribution in [-0.4, -0.2) is 14.3 Å². The van der Waals surface area contributed by atoms with Crippen LogP contribution in [0.2, 0.25) is 10.0 Å². The summed E-state index contributed by atoms with van der Waals surface area (Å²) in [6, 6.07) is 17.4. The molecule has 3 aromatic carbocycles. The van der Waals surface area contributed by atoms with E-state index in [0.29, 0.717) is 16.4 Å². The van der Waals surface area contributed by atoms with E-state index in [-0.39, 0.29) is 15.5 Å². The standard InChI is InChI=1S/C19H13Cl2IN2O3S/c20-12-1-10-17(18(21)11-12)19(25)23-14-6-8-16(9-7-14)28(26,27)24-15-4-2-13(22)3-5-15/h1-11,24H,(H,23,25). The van der Waals surface area contributed by atoms with Crippen LogP contribution in [0.3, 0.4) is 0 Å². The second-order valence-corrected chi connectivity index (χ2v) is 9.49. The van der Waals surface area contributed by atoms with Gasteiger partial charge >= 0.3 is 0 Å². The van der Waals surface area contributed by atoms with Crippen LogP contribution in [0.4, 0.5) is 11.4 Å². The van der Waals surface area contributed by atoms with Gasteiger partial charge in [0.2, 0.25) is 0 Å². The predicted octanol–water partition coefficient (Wildman–Crippen LogP) is 5.65. The van der Waals surface area contributed by atoms with E-state index in [1.807, 2.05) is 0 Å². The molecule has 0 radical (unpaired) electrons. The summed E-state index contributed by atoms with van der Waals surface area (Å²) in [5.74, 6) is -0.422. The van der Waals surface area contributed by atoms with Crippen molar-refractivity contribution in [3.05, 3.63) is 85.9 Å². The average Bonchev–Trinajstić information content (AvgIpc) is 2.64. The van der Waals surface area contributed by atoms with Crippen molar-refractivity contribution in [2.75, 3.05) is 10.0 Å². The van der Waals surface area contributed by atoms with Gasteiger partial charge in [-0.15, -0.1) is 0 Å². The van der Waals surface area contributed by atoms with Crippen molar-refractivity contribution < 1.29 is 13.2 Å². The molecule has 0 fully saturated rings. The van der Waals surface area contributed by atoms with Gasteiger partial charge in [0, 0.05) is 20.0 Å². The van der Waals surface area contributed by atoms with Gasteiger partial charge < -0.3 is 5.32 Å². The minimum Gasteiger partial charge on any atom is -0.322 e. The Morgan fingerprint density at radius 1 is 0.857 bits per heavy atom. The highest BCUT2D eigenvalue weighted by Crippen LogP contribution is 2.23. The number of benzene rings is 3. The van der Waals surface area contributed by atoms with Gasteiger partial charge in [-0.05, 0) is 89.3 Å².